The number of nitrogens with zero attached hydrogens (tertiary/aromatic N) is 2. The molecule has 1 heterocycles. The topological polar surface area (TPSA) is 38.0 Å². The molecule has 6 heteroatoms. The molecule has 1 aromatic heterocycles. The van der Waals surface area contributed by atoms with Gasteiger partial charge in [0, 0.05) is 17.9 Å². The Bertz CT molecular complexity index is 608. The molecule has 0 saturated heterocycles. The van der Waals surface area contributed by atoms with Crippen LogP contribution in [0, 0.1) is 5.82 Å². The van der Waals surface area contributed by atoms with Crippen molar-refractivity contribution < 1.29 is 9.50 Å². The molecule has 0 amide bonds. The zero-order chi connectivity index (χ0) is 14.9. The molecular formula is C14H15Br2FN2O. The van der Waals surface area contributed by atoms with Gasteiger partial charge in [0.25, 0.3) is 0 Å². The van der Waals surface area contributed by atoms with Crippen LogP contribution in [0.2, 0.25) is 0 Å². The summed E-state index contributed by atoms with van der Waals surface area (Å²) in [7, 11) is 1.84. The smallest absolute Gasteiger partial charge is 0.124 e. The van der Waals surface area contributed by atoms with Crippen molar-refractivity contribution in [3.8, 4) is 0 Å². The minimum atomic E-state index is -0.779. The zero-order valence-corrected chi connectivity index (χ0v) is 14.4. The fourth-order valence-corrected chi connectivity index (χ4v) is 3.37. The maximum absolute atomic E-state index is 13.4. The van der Waals surface area contributed by atoms with E-state index in [1.54, 1.807) is 10.7 Å². The van der Waals surface area contributed by atoms with Crippen molar-refractivity contribution in [3.05, 3.63) is 49.9 Å². The maximum Gasteiger partial charge on any atom is 0.124 e. The van der Waals surface area contributed by atoms with Gasteiger partial charge in [-0.1, -0.05) is 22.9 Å². The van der Waals surface area contributed by atoms with E-state index in [0.717, 1.165) is 22.3 Å². The largest absolute Gasteiger partial charge is 0.388 e. The first-order valence-electron chi connectivity index (χ1n) is 6.26. The molecule has 1 atom stereocenters. The van der Waals surface area contributed by atoms with Crippen LogP contribution in [0.25, 0.3) is 0 Å². The first kappa shape index (κ1) is 15.7. The van der Waals surface area contributed by atoms with Crippen LogP contribution in [-0.4, -0.2) is 14.9 Å². The molecule has 0 bridgehead atoms. The molecular weight excluding hydrogens is 391 g/mol. The van der Waals surface area contributed by atoms with E-state index < -0.39 is 6.10 Å². The molecule has 0 spiro atoms. The second-order valence-corrected chi connectivity index (χ2v) is 6.32. The Balaban J connectivity index is 2.27. The molecule has 108 valence electrons. The first-order valence-corrected chi connectivity index (χ1v) is 7.85. The van der Waals surface area contributed by atoms with Gasteiger partial charge in [-0.05, 0) is 46.1 Å². The maximum atomic E-state index is 13.4. The Hall–Kier alpha value is -0.720. The van der Waals surface area contributed by atoms with Crippen molar-refractivity contribution in [2.75, 3.05) is 0 Å². The van der Waals surface area contributed by atoms with Gasteiger partial charge in [-0.3, -0.25) is 4.68 Å². The van der Waals surface area contributed by atoms with Crippen LogP contribution in [0.5, 0.6) is 0 Å². The summed E-state index contributed by atoms with van der Waals surface area (Å²) in [6.07, 6.45) is 0.411. The van der Waals surface area contributed by atoms with Crippen LogP contribution in [-0.2, 0) is 19.9 Å². The number of aryl methyl sites for hydroxylation is 2. The summed E-state index contributed by atoms with van der Waals surface area (Å²) in [5.74, 6) is -0.369. The molecule has 1 N–H and O–H groups in total. The van der Waals surface area contributed by atoms with Crippen molar-refractivity contribution in [3.63, 3.8) is 0 Å². The minimum absolute atomic E-state index is 0.369. The molecule has 0 radical (unpaired) electrons. The molecule has 0 fully saturated rings. The molecule has 1 unspecified atom stereocenters. The van der Waals surface area contributed by atoms with E-state index in [9.17, 15) is 9.50 Å². The molecule has 2 aromatic rings. The lowest BCUT2D eigenvalue weighted by molar-refractivity contribution is 0.175. The summed E-state index contributed by atoms with van der Waals surface area (Å²) >= 11 is 6.75. The Morgan fingerprint density at radius 2 is 2.05 bits per heavy atom. The minimum Gasteiger partial charge on any atom is -0.388 e. The zero-order valence-electron chi connectivity index (χ0n) is 11.2. The Kier molecular flexibility index (Phi) is 4.99. The number of halogens is 3. The van der Waals surface area contributed by atoms with Gasteiger partial charge in [0.05, 0.1) is 22.0 Å². The van der Waals surface area contributed by atoms with E-state index in [2.05, 4.69) is 37.0 Å². The van der Waals surface area contributed by atoms with E-state index in [0.29, 0.717) is 16.5 Å². The van der Waals surface area contributed by atoms with Crippen LogP contribution < -0.4 is 0 Å². The third-order valence-electron chi connectivity index (χ3n) is 3.16. The van der Waals surface area contributed by atoms with E-state index in [1.165, 1.54) is 12.1 Å². The summed E-state index contributed by atoms with van der Waals surface area (Å²) in [6.45, 7) is 2.02. The number of aromatic nitrogens is 2. The van der Waals surface area contributed by atoms with Crippen LogP contribution in [0.15, 0.2) is 27.1 Å². The lowest BCUT2D eigenvalue weighted by Crippen LogP contribution is -2.07. The van der Waals surface area contributed by atoms with Crippen molar-refractivity contribution in [1.29, 1.82) is 0 Å². The average Bonchev–Trinajstić information content (AvgIpc) is 2.65. The molecule has 0 aliphatic heterocycles. The molecule has 1 aromatic carbocycles. The van der Waals surface area contributed by atoms with Crippen molar-refractivity contribution in [1.82, 2.24) is 9.78 Å². The summed E-state index contributed by atoms with van der Waals surface area (Å²) in [6, 6.07) is 4.44. The summed E-state index contributed by atoms with van der Waals surface area (Å²) in [4.78, 5) is 0. The third kappa shape index (κ3) is 3.30. The van der Waals surface area contributed by atoms with Crippen molar-refractivity contribution >= 4 is 31.9 Å². The predicted octanol–water partition coefficient (Wildman–Crippen LogP) is 3.92. The van der Waals surface area contributed by atoms with E-state index >= 15 is 0 Å². The summed E-state index contributed by atoms with van der Waals surface area (Å²) < 4.78 is 16.7. The van der Waals surface area contributed by atoms with Crippen molar-refractivity contribution in [2.24, 2.45) is 7.05 Å². The average molecular weight is 406 g/mol. The molecule has 0 aliphatic carbocycles. The van der Waals surface area contributed by atoms with Crippen LogP contribution in [0.1, 0.15) is 30.0 Å². The predicted molar refractivity (Wildman–Crippen MR) is 83.0 cm³/mol. The molecule has 0 aliphatic rings. The molecule has 20 heavy (non-hydrogen) atoms. The van der Waals surface area contributed by atoms with Gasteiger partial charge in [-0.25, -0.2) is 4.39 Å². The van der Waals surface area contributed by atoms with Gasteiger partial charge >= 0.3 is 0 Å². The van der Waals surface area contributed by atoms with Crippen LogP contribution in [0.3, 0.4) is 0 Å². The third-order valence-corrected chi connectivity index (χ3v) is 4.53. The number of rotatable bonds is 4. The SMILES string of the molecule is CCc1nn(C)c(CC(O)c2cc(F)cc(Br)c2)c1Br. The fourth-order valence-electron chi connectivity index (χ4n) is 2.11. The Labute approximate surface area is 134 Å². The van der Waals surface area contributed by atoms with E-state index in [-0.39, 0.29) is 5.82 Å². The van der Waals surface area contributed by atoms with Gasteiger partial charge < -0.3 is 5.11 Å². The standard InChI is InChI=1S/C14H15Br2FN2O/c1-3-11-14(16)12(19(2)18-11)7-13(20)8-4-9(15)6-10(17)5-8/h4-6,13,20H,3,7H2,1-2H3. The number of benzene rings is 1. The summed E-state index contributed by atoms with van der Waals surface area (Å²) in [5, 5.41) is 14.7. The van der Waals surface area contributed by atoms with Gasteiger partial charge in [0.1, 0.15) is 5.82 Å². The second-order valence-electron chi connectivity index (χ2n) is 4.61. The number of hydrogen-bond acceptors (Lipinski definition) is 2. The second kappa shape index (κ2) is 6.37. The van der Waals surface area contributed by atoms with Gasteiger partial charge in [0.15, 0.2) is 0 Å². The van der Waals surface area contributed by atoms with Gasteiger partial charge in [0.2, 0.25) is 0 Å². The highest BCUT2D eigenvalue weighted by atomic mass is 79.9. The number of hydrogen-bond donors (Lipinski definition) is 1. The van der Waals surface area contributed by atoms with E-state index in [4.69, 9.17) is 0 Å². The summed E-state index contributed by atoms with van der Waals surface area (Å²) in [5.41, 5.74) is 2.40. The van der Waals surface area contributed by atoms with Gasteiger partial charge in [-0.2, -0.15) is 5.10 Å². The highest BCUT2D eigenvalue weighted by Gasteiger charge is 2.18. The van der Waals surface area contributed by atoms with Gasteiger partial charge in [-0.15, -0.1) is 0 Å². The van der Waals surface area contributed by atoms with E-state index in [1.807, 2.05) is 14.0 Å². The highest BCUT2D eigenvalue weighted by Crippen LogP contribution is 2.28. The molecule has 2 rings (SSSR count). The number of aliphatic hydroxyl groups excluding tert-OH is 1. The lowest BCUT2D eigenvalue weighted by Gasteiger charge is -2.12. The fraction of sp³-hybridized carbons (Fsp3) is 0.357. The highest BCUT2D eigenvalue weighted by molar-refractivity contribution is 9.10. The van der Waals surface area contributed by atoms with Crippen LogP contribution in [0.4, 0.5) is 4.39 Å². The molecule has 0 saturated carbocycles. The van der Waals surface area contributed by atoms with Crippen molar-refractivity contribution in [2.45, 2.75) is 25.9 Å². The Morgan fingerprint density at radius 1 is 1.35 bits per heavy atom. The lowest BCUT2D eigenvalue weighted by atomic mass is 10.0. The monoisotopic (exact) mass is 404 g/mol. The Morgan fingerprint density at radius 3 is 2.60 bits per heavy atom. The van der Waals surface area contributed by atoms with Crippen LogP contribution >= 0.6 is 31.9 Å². The first-order chi connectivity index (χ1) is 9.42. The normalized spacial score (nSPS) is 12.7. The number of aliphatic hydroxyl groups is 1. The molecule has 3 nitrogen and oxygen atoms in total. The quantitative estimate of drug-likeness (QED) is 0.836.